The van der Waals surface area contributed by atoms with E-state index in [4.69, 9.17) is 15.2 Å². The van der Waals surface area contributed by atoms with Crippen LogP contribution in [0.3, 0.4) is 0 Å². The van der Waals surface area contributed by atoms with E-state index in [0.717, 1.165) is 11.1 Å². The monoisotopic (exact) mass is 339 g/mol. The number of carbonyl (C=O) groups excluding carboxylic acids is 1. The minimum atomic E-state index is -0.106. The minimum Gasteiger partial charge on any atom is -0.496 e. The number of ether oxygens (including phenoxy) is 2. The van der Waals surface area contributed by atoms with E-state index in [-0.39, 0.29) is 11.2 Å². The fourth-order valence-corrected chi connectivity index (χ4v) is 2.63. The summed E-state index contributed by atoms with van der Waals surface area (Å²) in [5.74, 6) is 1.27. The molecule has 0 amide bonds. The quantitative estimate of drug-likeness (QED) is 0.496. The lowest BCUT2D eigenvalue weighted by Crippen LogP contribution is -2.13. The third-order valence-electron chi connectivity index (χ3n) is 3.98. The van der Waals surface area contributed by atoms with Crippen LogP contribution in [-0.4, -0.2) is 20.0 Å². The molecule has 0 spiro atoms. The Morgan fingerprint density at radius 3 is 2.16 bits per heavy atom. The summed E-state index contributed by atoms with van der Waals surface area (Å²) >= 11 is 0. The Labute approximate surface area is 149 Å². The molecule has 0 saturated heterocycles. The molecular formula is C21H25NO3. The average Bonchev–Trinajstić information content (AvgIpc) is 2.58. The van der Waals surface area contributed by atoms with E-state index in [1.54, 1.807) is 44.6 Å². The van der Waals surface area contributed by atoms with Crippen LogP contribution in [0.15, 0.2) is 42.5 Å². The van der Waals surface area contributed by atoms with E-state index in [0.29, 0.717) is 22.7 Å². The summed E-state index contributed by atoms with van der Waals surface area (Å²) in [5, 5.41) is 0. The van der Waals surface area contributed by atoms with Crippen LogP contribution < -0.4 is 15.2 Å². The van der Waals surface area contributed by atoms with Crippen molar-refractivity contribution in [3.63, 3.8) is 0 Å². The van der Waals surface area contributed by atoms with Gasteiger partial charge in [-0.25, -0.2) is 0 Å². The Morgan fingerprint density at radius 1 is 1.00 bits per heavy atom. The van der Waals surface area contributed by atoms with E-state index in [2.05, 4.69) is 20.8 Å². The van der Waals surface area contributed by atoms with Gasteiger partial charge in [-0.15, -0.1) is 0 Å². The summed E-state index contributed by atoms with van der Waals surface area (Å²) in [7, 11) is 3.23. The van der Waals surface area contributed by atoms with Crippen molar-refractivity contribution in [3.8, 4) is 11.5 Å². The zero-order chi connectivity index (χ0) is 18.6. The van der Waals surface area contributed by atoms with Gasteiger partial charge in [0.15, 0.2) is 5.78 Å². The smallest absolute Gasteiger partial charge is 0.185 e. The van der Waals surface area contributed by atoms with Crippen LogP contribution >= 0.6 is 0 Å². The predicted molar refractivity (Wildman–Crippen MR) is 102 cm³/mol. The lowest BCUT2D eigenvalue weighted by Gasteiger charge is -2.24. The number of allylic oxidation sites excluding steroid dienone is 1. The Hall–Kier alpha value is -2.75. The molecule has 0 bridgehead atoms. The van der Waals surface area contributed by atoms with Gasteiger partial charge in [0, 0.05) is 16.8 Å². The van der Waals surface area contributed by atoms with Gasteiger partial charge >= 0.3 is 0 Å². The molecule has 0 aliphatic rings. The van der Waals surface area contributed by atoms with Gasteiger partial charge in [0.1, 0.15) is 11.5 Å². The number of hydrogen-bond acceptors (Lipinski definition) is 4. The van der Waals surface area contributed by atoms with Crippen LogP contribution in [0, 0.1) is 0 Å². The molecule has 0 aliphatic heterocycles. The maximum atomic E-state index is 12.4. The van der Waals surface area contributed by atoms with Crippen LogP contribution in [0.5, 0.6) is 11.5 Å². The van der Waals surface area contributed by atoms with Crippen molar-refractivity contribution in [1.82, 2.24) is 0 Å². The molecule has 0 heterocycles. The number of benzene rings is 2. The second kappa shape index (κ2) is 7.43. The van der Waals surface area contributed by atoms with Crippen molar-refractivity contribution in [3.05, 3.63) is 59.2 Å². The Bertz CT molecular complexity index is 784. The fourth-order valence-electron chi connectivity index (χ4n) is 2.63. The molecule has 25 heavy (non-hydrogen) atoms. The van der Waals surface area contributed by atoms with Crippen molar-refractivity contribution < 1.29 is 14.3 Å². The number of nitrogen functional groups attached to an aromatic ring is 1. The Balaban J connectivity index is 2.46. The summed E-state index contributed by atoms with van der Waals surface area (Å²) in [6, 6.07) is 10.7. The van der Waals surface area contributed by atoms with Gasteiger partial charge in [0.25, 0.3) is 0 Å². The lowest BCUT2D eigenvalue weighted by molar-refractivity contribution is 0.104. The van der Waals surface area contributed by atoms with Crippen LogP contribution in [0.1, 0.15) is 42.3 Å². The molecule has 2 N–H and O–H groups in total. The molecule has 4 nitrogen and oxygen atoms in total. The maximum absolute atomic E-state index is 12.4. The number of rotatable bonds is 5. The van der Waals surface area contributed by atoms with Crippen molar-refractivity contribution >= 4 is 17.5 Å². The van der Waals surface area contributed by atoms with E-state index in [1.165, 1.54) is 6.08 Å². The van der Waals surface area contributed by atoms with E-state index in [9.17, 15) is 4.79 Å². The molecule has 0 aromatic heterocycles. The van der Waals surface area contributed by atoms with Gasteiger partial charge in [-0.2, -0.15) is 0 Å². The number of anilines is 1. The first-order valence-corrected chi connectivity index (χ1v) is 8.11. The van der Waals surface area contributed by atoms with E-state index >= 15 is 0 Å². The standard InChI is InChI=1S/C21H25NO3/c1-21(2,3)17-11-13-19(24-4)16(20(17)25-5)10-12-18(23)14-6-8-15(22)9-7-14/h6-13H,22H2,1-5H3. The number of methoxy groups -OCH3 is 2. The zero-order valence-electron chi connectivity index (χ0n) is 15.4. The number of hydrogen-bond donors (Lipinski definition) is 1. The Morgan fingerprint density at radius 2 is 1.64 bits per heavy atom. The fraction of sp³-hybridized carbons (Fsp3) is 0.286. The summed E-state index contributed by atoms with van der Waals surface area (Å²) < 4.78 is 11.1. The van der Waals surface area contributed by atoms with Gasteiger partial charge in [-0.3, -0.25) is 4.79 Å². The predicted octanol–water partition coefficient (Wildman–Crippen LogP) is 4.48. The van der Waals surface area contributed by atoms with Crippen molar-refractivity contribution in [1.29, 1.82) is 0 Å². The molecule has 2 aromatic carbocycles. The normalized spacial score (nSPS) is 11.6. The van der Waals surface area contributed by atoms with E-state index in [1.807, 2.05) is 12.1 Å². The highest BCUT2D eigenvalue weighted by Gasteiger charge is 2.22. The molecule has 2 rings (SSSR count). The zero-order valence-corrected chi connectivity index (χ0v) is 15.4. The summed E-state index contributed by atoms with van der Waals surface area (Å²) in [4.78, 5) is 12.4. The molecule has 0 fully saturated rings. The SMILES string of the molecule is COc1ccc(C(C)(C)C)c(OC)c1C=CC(=O)c1ccc(N)cc1. The third kappa shape index (κ3) is 4.21. The minimum absolute atomic E-state index is 0.0961. The van der Waals surface area contributed by atoms with Crippen LogP contribution in [0.4, 0.5) is 5.69 Å². The molecule has 4 heteroatoms. The third-order valence-corrected chi connectivity index (χ3v) is 3.98. The van der Waals surface area contributed by atoms with Gasteiger partial charge in [0.2, 0.25) is 0 Å². The first-order chi connectivity index (χ1) is 11.8. The molecule has 0 aliphatic carbocycles. The van der Waals surface area contributed by atoms with Crippen molar-refractivity contribution in [2.75, 3.05) is 20.0 Å². The molecule has 132 valence electrons. The van der Waals surface area contributed by atoms with Crippen molar-refractivity contribution in [2.45, 2.75) is 26.2 Å². The molecule has 2 aromatic rings. The van der Waals surface area contributed by atoms with Gasteiger partial charge in [-0.1, -0.05) is 26.8 Å². The summed E-state index contributed by atoms with van der Waals surface area (Å²) in [5.41, 5.74) is 8.57. The highest BCUT2D eigenvalue weighted by molar-refractivity contribution is 6.07. The number of nitrogens with two attached hydrogens (primary N) is 1. The maximum Gasteiger partial charge on any atom is 0.185 e. The van der Waals surface area contributed by atoms with Crippen LogP contribution in [-0.2, 0) is 5.41 Å². The summed E-state index contributed by atoms with van der Waals surface area (Å²) in [6.45, 7) is 6.35. The second-order valence-corrected chi connectivity index (χ2v) is 6.83. The largest absolute Gasteiger partial charge is 0.496 e. The average molecular weight is 339 g/mol. The summed E-state index contributed by atoms with van der Waals surface area (Å²) in [6.07, 6.45) is 3.27. The highest BCUT2D eigenvalue weighted by Crippen LogP contribution is 2.39. The number of carbonyl (C=O) groups is 1. The topological polar surface area (TPSA) is 61.5 Å². The van der Waals surface area contributed by atoms with Crippen LogP contribution in [0.25, 0.3) is 6.08 Å². The highest BCUT2D eigenvalue weighted by atomic mass is 16.5. The van der Waals surface area contributed by atoms with E-state index < -0.39 is 0 Å². The van der Waals surface area contributed by atoms with Gasteiger partial charge < -0.3 is 15.2 Å². The van der Waals surface area contributed by atoms with Gasteiger partial charge in [0.05, 0.1) is 19.8 Å². The van der Waals surface area contributed by atoms with Crippen LogP contribution in [0.2, 0.25) is 0 Å². The molecule has 0 saturated carbocycles. The second-order valence-electron chi connectivity index (χ2n) is 6.83. The molecular weight excluding hydrogens is 314 g/mol. The molecule has 0 atom stereocenters. The van der Waals surface area contributed by atoms with Gasteiger partial charge in [-0.05, 0) is 47.9 Å². The molecule has 0 unspecified atom stereocenters. The number of ketones is 1. The van der Waals surface area contributed by atoms with Crippen molar-refractivity contribution in [2.24, 2.45) is 0 Å². The molecule has 0 radical (unpaired) electrons. The first-order valence-electron chi connectivity index (χ1n) is 8.11. The first kappa shape index (κ1) is 18.6. The Kier molecular flexibility index (Phi) is 5.52. The lowest BCUT2D eigenvalue weighted by atomic mass is 9.85.